The Kier molecular flexibility index (Phi) is 4.33. The van der Waals surface area contributed by atoms with E-state index in [1.807, 2.05) is 30.3 Å². The van der Waals surface area contributed by atoms with Gasteiger partial charge in [-0.1, -0.05) is 24.3 Å². The second kappa shape index (κ2) is 6.17. The molecule has 2 N–H and O–H groups in total. The number of rotatable bonds is 4. The molecular formula is C14H15N3O3. The summed E-state index contributed by atoms with van der Waals surface area (Å²) in [6, 6.07) is 8.74. The first kappa shape index (κ1) is 14.0. The smallest absolute Gasteiger partial charge is 0.321 e. The standard InChI is InChI=1S/C14H15N3O3/c15-5-6-16-13(18)9-17-8-11-4-2-1-3-10(11)7-12(17)14(19)20/h1-4,12H,6-9H2,(H,16,18)(H,19,20). The molecule has 0 fully saturated rings. The first-order valence-corrected chi connectivity index (χ1v) is 6.29. The number of nitrogens with zero attached hydrogens (tertiary/aromatic N) is 2. The van der Waals surface area contributed by atoms with E-state index in [0.717, 1.165) is 11.1 Å². The zero-order valence-electron chi connectivity index (χ0n) is 10.9. The lowest BCUT2D eigenvalue weighted by Gasteiger charge is -2.33. The topological polar surface area (TPSA) is 93.4 Å². The van der Waals surface area contributed by atoms with E-state index >= 15 is 0 Å². The van der Waals surface area contributed by atoms with E-state index < -0.39 is 12.0 Å². The van der Waals surface area contributed by atoms with E-state index in [1.165, 1.54) is 0 Å². The van der Waals surface area contributed by atoms with Crippen LogP contribution >= 0.6 is 0 Å². The summed E-state index contributed by atoms with van der Waals surface area (Å²) in [5.74, 6) is -1.27. The highest BCUT2D eigenvalue weighted by molar-refractivity contribution is 5.80. The second-order valence-corrected chi connectivity index (χ2v) is 4.67. The van der Waals surface area contributed by atoms with Gasteiger partial charge in [0.2, 0.25) is 5.91 Å². The second-order valence-electron chi connectivity index (χ2n) is 4.67. The number of nitrogens with one attached hydrogen (secondary N) is 1. The maximum Gasteiger partial charge on any atom is 0.321 e. The molecule has 6 heteroatoms. The van der Waals surface area contributed by atoms with Crippen LogP contribution in [0.2, 0.25) is 0 Å². The van der Waals surface area contributed by atoms with Crippen LogP contribution in [-0.2, 0) is 22.6 Å². The molecule has 0 radical (unpaired) electrons. The molecular weight excluding hydrogens is 258 g/mol. The zero-order chi connectivity index (χ0) is 14.5. The van der Waals surface area contributed by atoms with Crippen LogP contribution in [-0.4, -0.2) is 41.0 Å². The third-order valence-corrected chi connectivity index (χ3v) is 3.34. The highest BCUT2D eigenvalue weighted by atomic mass is 16.4. The van der Waals surface area contributed by atoms with Crippen molar-refractivity contribution in [1.82, 2.24) is 10.2 Å². The van der Waals surface area contributed by atoms with Crippen LogP contribution < -0.4 is 5.32 Å². The number of nitriles is 1. The fourth-order valence-electron chi connectivity index (χ4n) is 2.37. The molecule has 0 saturated carbocycles. The number of benzene rings is 1. The highest BCUT2D eigenvalue weighted by Crippen LogP contribution is 2.23. The van der Waals surface area contributed by atoms with Gasteiger partial charge in [0.05, 0.1) is 12.6 Å². The number of carboxylic acids is 1. The SMILES string of the molecule is N#CCNC(=O)CN1Cc2ccccc2CC1C(=O)O. The first-order valence-electron chi connectivity index (χ1n) is 6.29. The molecule has 0 saturated heterocycles. The minimum atomic E-state index is -0.937. The van der Waals surface area contributed by atoms with Crippen molar-refractivity contribution in [3.05, 3.63) is 35.4 Å². The van der Waals surface area contributed by atoms with Gasteiger partial charge in [-0.05, 0) is 17.5 Å². The molecule has 0 aliphatic carbocycles. The number of amides is 1. The van der Waals surface area contributed by atoms with Crippen LogP contribution in [0.4, 0.5) is 0 Å². The van der Waals surface area contributed by atoms with Gasteiger partial charge in [-0.25, -0.2) is 0 Å². The molecule has 1 aromatic carbocycles. The molecule has 1 amide bonds. The number of carbonyl (C=O) groups is 2. The monoisotopic (exact) mass is 273 g/mol. The summed E-state index contributed by atoms with van der Waals surface area (Å²) in [6.07, 6.45) is 0.386. The van der Waals surface area contributed by atoms with Gasteiger partial charge in [0.1, 0.15) is 12.6 Å². The summed E-state index contributed by atoms with van der Waals surface area (Å²) in [5, 5.41) is 20.1. The summed E-state index contributed by atoms with van der Waals surface area (Å²) in [6.45, 7) is 0.334. The lowest BCUT2D eigenvalue weighted by atomic mass is 9.94. The molecule has 0 spiro atoms. The fraction of sp³-hybridized carbons (Fsp3) is 0.357. The Morgan fingerprint density at radius 1 is 1.40 bits per heavy atom. The molecule has 1 heterocycles. The molecule has 104 valence electrons. The fourth-order valence-corrected chi connectivity index (χ4v) is 2.37. The lowest BCUT2D eigenvalue weighted by Crippen LogP contribution is -2.49. The van der Waals surface area contributed by atoms with Gasteiger partial charge in [0.25, 0.3) is 0 Å². The van der Waals surface area contributed by atoms with Crippen LogP contribution in [0.3, 0.4) is 0 Å². The number of hydrogen-bond donors (Lipinski definition) is 2. The Morgan fingerprint density at radius 3 is 2.75 bits per heavy atom. The largest absolute Gasteiger partial charge is 0.480 e. The van der Waals surface area contributed by atoms with Crippen molar-refractivity contribution < 1.29 is 14.7 Å². The Labute approximate surface area is 116 Å². The van der Waals surface area contributed by atoms with E-state index in [4.69, 9.17) is 5.26 Å². The normalized spacial score (nSPS) is 17.9. The number of carbonyl (C=O) groups excluding carboxylic acids is 1. The average molecular weight is 273 g/mol. The van der Waals surface area contributed by atoms with Crippen molar-refractivity contribution in [2.45, 2.75) is 19.0 Å². The molecule has 0 bridgehead atoms. The van der Waals surface area contributed by atoms with Crippen LogP contribution in [0.15, 0.2) is 24.3 Å². The van der Waals surface area contributed by atoms with Crippen molar-refractivity contribution in [2.24, 2.45) is 0 Å². The number of fused-ring (bicyclic) bond motifs is 1. The number of hydrogen-bond acceptors (Lipinski definition) is 4. The third-order valence-electron chi connectivity index (χ3n) is 3.34. The van der Waals surface area contributed by atoms with Crippen molar-refractivity contribution in [3.63, 3.8) is 0 Å². The summed E-state index contributed by atoms with van der Waals surface area (Å²) in [4.78, 5) is 24.6. The van der Waals surface area contributed by atoms with Crippen LogP contribution in [0.5, 0.6) is 0 Å². The van der Waals surface area contributed by atoms with Gasteiger partial charge in [0, 0.05) is 6.54 Å². The van der Waals surface area contributed by atoms with E-state index in [9.17, 15) is 14.7 Å². The maximum absolute atomic E-state index is 11.7. The minimum Gasteiger partial charge on any atom is -0.480 e. The summed E-state index contributed by atoms with van der Waals surface area (Å²) in [7, 11) is 0. The molecule has 20 heavy (non-hydrogen) atoms. The summed E-state index contributed by atoms with van der Waals surface area (Å²) >= 11 is 0. The molecule has 1 atom stereocenters. The first-order chi connectivity index (χ1) is 9.61. The Morgan fingerprint density at radius 2 is 2.10 bits per heavy atom. The average Bonchev–Trinajstić information content (AvgIpc) is 2.44. The van der Waals surface area contributed by atoms with E-state index in [2.05, 4.69) is 5.32 Å². The van der Waals surface area contributed by atoms with Gasteiger partial charge < -0.3 is 10.4 Å². The van der Waals surface area contributed by atoms with Crippen LogP contribution in [0.25, 0.3) is 0 Å². The van der Waals surface area contributed by atoms with Crippen molar-refractivity contribution in [3.8, 4) is 6.07 Å². The molecule has 1 aliphatic heterocycles. The van der Waals surface area contributed by atoms with Crippen LogP contribution in [0, 0.1) is 11.3 Å². The van der Waals surface area contributed by atoms with Crippen molar-refractivity contribution >= 4 is 11.9 Å². The highest BCUT2D eigenvalue weighted by Gasteiger charge is 2.32. The van der Waals surface area contributed by atoms with Gasteiger partial charge in [-0.3, -0.25) is 14.5 Å². The number of carboxylic acid groups (broad SMARTS) is 1. The van der Waals surface area contributed by atoms with Gasteiger partial charge in [0.15, 0.2) is 0 Å². The quantitative estimate of drug-likeness (QED) is 0.761. The van der Waals surface area contributed by atoms with Gasteiger partial charge in [-0.2, -0.15) is 5.26 Å². The van der Waals surface area contributed by atoms with Crippen LogP contribution in [0.1, 0.15) is 11.1 Å². The third kappa shape index (κ3) is 3.13. The molecule has 1 aromatic rings. The zero-order valence-corrected chi connectivity index (χ0v) is 10.9. The molecule has 1 aliphatic rings. The van der Waals surface area contributed by atoms with Crippen molar-refractivity contribution in [1.29, 1.82) is 5.26 Å². The number of aliphatic carboxylic acids is 1. The van der Waals surface area contributed by atoms with E-state index in [0.29, 0.717) is 13.0 Å². The predicted octanol–water partition coefficient (Wildman–Crippen LogP) is 0.138. The van der Waals surface area contributed by atoms with E-state index in [1.54, 1.807) is 4.90 Å². The molecule has 1 unspecified atom stereocenters. The molecule has 2 rings (SSSR count). The van der Waals surface area contributed by atoms with Gasteiger partial charge in [-0.15, -0.1) is 0 Å². The molecule has 0 aromatic heterocycles. The predicted molar refractivity (Wildman–Crippen MR) is 70.6 cm³/mol. The summed E-state index contributed by atoms with van der Waals surface area (Å²) in [5.41, 5.74) is 2.05. The Bertz CT molecular complexity index is 565. The van der Waals surface area contributed by atoms with Crippen molar-refractivity contribution in [2.75, 3.05) is 13.1 Å². The molecule has 6 nitrogen and oxygen atoms in total. The van der Waals surface area contributed by atoms with E-state index in [-0.39, 0.29) is 19.0 Å². The lowest BCUT2D eigenvalue weighted by molar-refractivity contribution is -0.144. The Balaban J connectivity index is 2.12. The minimum absolute atomic E-state index is 0.0209. The Hall–Kier alpha value is -2.39. The maximum atomic E-state index is 11.7. The summed E-state index contributed by atoms with van der Waals surface area (Å²) < 4.78 is 0. The van der Waals surface area contributed by atoms with Gasteiger partial charge >= 0.3 is 5.97 Å².